The molecular weight excluding hydrogens is 236 g/mol. The molecule has 0 aromatic heterocycles. The summed E-state index contributed by atoms with van der Waals surface area (Å²) in [5.41, 5.74) is 6.66. The number of carbonyl (C=O) groups is 1. The van der Waals surface area contributed by atoms with Gasteiger partial charge in [-0.25, -0.2) is 0 Å². The van der Waals surface area contributed by atoms with Crippen LogP contribution in [-0.4, -0.2) is 18.5 Å². The van der Waals surface area contributed by atoms with Crippen molar-refractivity contribution in [2.75, 3.05) is 6.54 Å². The van der Waals surface area contributed by atoms with Crippen molar-refractivity contribution in [3.8, 4) is 0 Å². The van der Waals surface area contributed by atoms with Gasteiger partial charge >= 0.3 is 0 Å². The molecule has 3 N–H and O–H groups in total. The molecule has 2 rings (SSSR count). The van der Waals surface area contributed by atoms with Gasteiger partial charge in [-0.05, 0) is 22.8 Å². The normalized spacial score (nSPS) is 12.3. The van der Waals surface area contributed by atoms with E-state index in [1.165, 1.54) is 5.39 Å². The van der Waals surface area contributed by atoms with Gasteiger partial charge in [-0.1, -0.05) is 49.4 Å². The van der Waals surface area contributed by atoms with Gasteiger partial charge in [0.15, 0.2) is 0 Å². The van der Waals surface area contributed by atoms with E-state index < -0.39 is 0 Å². The van der Waals surface area contributed by atoms with Crippen LogP contribution in [0.5, 0.6) is 0 Å². The van der Waals surface area contributed by atoms with E-state index >= 15 is 0 Å². The third-order valence-electron chi connectivity index (χ3n) is 3.37. The molecule has 1 unspecified atom stereocenters. The Labute approximate surface area is 113 Å². The molecule has 3 heteroatoms. The highest BCUT2D eigenvalue weighted by Gasteiger charge is 2.10. The zero-order valence-electron chi connectivity index (χ0n) is 11.2. The quantitative estimate of drug-likeness (QED) is 0.862. The first kappa shape index (κ1) is 13.6. The Morgan fingerprint density at radius 3 is 2.68 bits per heavy atom. The zero-order chi connectivity index (χ0) is 13.7. The van der Waals surface area contributed by atoms with E-state index in [0.29, 0.717) is 13.0 Å². The molecule has 2 aromatic rings. The van der Waals surface area contributed by atoms with Crippen LogP contribution in [-0.2, 0) is 11.2 Å². The largest absolute Gasteiger partial charge is 0.352 e. The summed E-state index contributed by atoms with van der Waals surface area (Å²) in [7, 11) is 0. The topological polar surface area (TPSA) is 55.1 Å². The van der Waals surface area contributed by atoms with Crippen molar-refractivity contribution in [2.45, 2.75) is 25.8 Å². The van der Waals surface area contributed by atoms with Crippen molar-refractivity contribution in [3.05, 3.63) is 48.0 Å². The summed E-state index contributed by atoms with van der Waals surface area (Å²) in [6.45, 7) is 2.51. The SMILES string of the molecule is CCC(CN)NC(=O)Cc1cccc2ccccc12. The van der Waals surface area contributed by atoms with Gasteiger partial charge in [0.1, 0.15) is 0 Å². The lowest BCUT2D eigenvalue weighted by Gasteiger charge is -2.15. The molecule has 19 heavy (non-hydrogen) atoms. The monoisotopic (exact) mass is 256 g/mol. The molecule has 100 valence electrons. The predicted octanol–water partition coefficient (Wildman–Crippen LogP) is 2.24. The standard InChI is InChI=1S/C16H20N2O/c1-2-14(11-17)18-16(19)10-13-8-5-7-12-6-3-4-9-15(12)13/h3-9,14H,2,10-11,17H2,1H3,(H,18,19). The van der Waals surface area contributed by atoms with E-state index in [1.807, 2.05) is 31.2 Å². The minimum atomic E-state index is 0.0358. The van der Waals surface area contributed by atoms with Gasteiger partial charge in [-0.2, -0.15) is 0 Å². The summed E-state index contributed by atoms with van der Waals surface area (Å²) in [4.78, 5) is 12.0. The molecule has 1 amide bonds. The molecular formula is C16H20N2O. The number of nitrogens with two attached hydrogens (primary N) is 1. The van der Waals surface area contributed by atoms with Crippen molar-refractivity contribution in [1.29, 1.82) is 0 Å². The molecule has 3 nitrogen and oxygen atoms in total. The molecule has 0 aliphatic carbocycles. The fraction of sp³-hybridized carbons (Fsp3) is 0.312. The van der Waals surface area contributed by atoms with Crippen LogP contribution >= 0.6 is 0 Å². The highest BCUT2D eigenvalue weighted by atomic mass is 16.1. The number of amides is 1. The summed E-state index contributed by atoms with van der Waals surface area (Å²) >= 11 is 0. The molecule has 0 aliphatic heterocycles. The maximum absolute atomic E-state index is 12.0. The highest BCUT2D eigenvalue weighted by molar-refractivity contribution is 5.90. The Balaban J connectivity index is 2.15. The van der Waals surface area contributed by atoms with Crippen LogP contribution in [0.15, 0.2) is 42.5 Å². The van der Waals surface area contributed by atoms with Crippen LogP contribution in [0, 0.1) is 0 Å². The van der Waals surface area contributed by atoms with Gasteiger partial charge in [0.2, 0.25) is 5.91 Å². The third-order valence-corrected chi connectivity index (χ3v) is 3.37. The Bertz CT molecular complexity index is 556. The molecule has 2 aromatic carbocycles. The van der Waals surface area contributed by atoms with Crippen molar-refractivity contribution < 1.29 is 4.79 Å². The van der Waals surface area contributed by atoms with Gasteiger partial charge in [0.05, 0.1) is 6.42 Å². The van der Waals surface area contributed by atoms with E-state index in [4.69, 9.17) is 5.73 Å². The third kappa shape index (κ3) is 3.32. The summed E-state index contributed by atoms with van der Waals surface area (Å²) in [5.74, 6) is 0.0358. The minimum Gasteiger partial charge on any atom is -0.352 e. The number of carbonyl (C=O) groups excluding carboxylic acids is 1. The average Bonchev–Trinajstić information content (AvgIpc) is 2.45. The first-order chi connectivity index (χ1) is 9.24. The number of rotatable bonds is 5. The smallest absolute Gasteiger partial charge is 0.224 e. The van der Waals surface area contributed by atoms with Crippen LogP contribution in [0.4, 0.5) is 0 Å². The molecule has 0 spiro atoms. The van der Waals surface area contributed by atoms with Crippen LogP contribution < -0.4 is 11.1 Å². The maximum atomic E-state index is 12.0. The Kier molecular flexibility index (Phi) is 4.53. The average molecular weight is 256 g/mol. The number of benzene rings is 2. The molecule has 0 fully saturated rings. The van der Waals surface area contributed by atoms with Crippen molar-refractivity contribution in [1.82, 2.24) is 5.32 Å². The van der Waals surface area contributed by atoms with E-state index in [9.17, 15) is 4.79 Å². The van der Waals surface area contributed by atoms with Crippen LogP contribution in [0.25, 0.3) is 10.8 Å². The van der Waals surface area contributed by atoms with Crippen molar-refractivity contribution in [3.63, 3.8) is 0 Å². The Hall–Kier alpha value is -1.87. The summed E-state index contributed by atoms with van der Waals surface area (Å²) < 4.78 is 0. The molecule has 0 radical (unpaired) electrons. The van der Waals surface area contributed by atoms with E-state index in [0.717, 1.165) is 17.4 Å². The summed E-state index contributed by atoms with van der Waals surface area (Å²) in [5, 5.41) is 5.27. The number of hydrogen-bond acceptors (Lipinski definition) is 2. The van der Waals surface area contributed by atoms with E-state index in [2.05, 4.69) is 23.5 Å². The second kappa shape index (κ2) is 6.34. The summed E-state index contributed by atoms with van der Waals surface area (Å²) in [6.07, 6.45) is 1.26. The molecule has 0 bridgehead atoms. The minimum absolute atomic E-state index is 0.0358. The van der Waals surface area contributed by atoms with E-state index in [-0.39, 0.29) is 11.9 Å². The fourth-order valence-electron chi connectivity index (χ4n) is 2.23. The summed E-state index contributed by atoms with van der Waals surface area (Å²) in [6, 6.07) is 14.3. The second-order valence-electron chi connectivity index (χ2n) is 4.72. The number of fused-ring (bicyclic) bond motifs is 1. The molecule has 0 saturated heterocycles. The van der Waals surface area contributed by atoms with Crippen molar-refractivity contribution in [2.24, 2.45) is 5.73 Å². The van der Waals surface area contributed by atoms with Crippen molar-refractivity contribution >= 4 is 16.7 Å². The molecule has 0 saturated carbocycles. The first-order valence-electron chi connectivity index (χ1n) is 6.70. The van der Waals surface area contributed by atoms with Gasteiger partial charge in [0, 0.05) is 12.6 Å². The lowest BCUT2D eigenvalue weighted by Crippen LogP contribution is -2.40. The van der Waals surface area contributed by atoms with Crippen LogP contribution in [0.2, 0.25) is 0 Å². The second-order valence-corrected chi connectivity index (χ2v) is 4.72. The highest BCUT2D eigenvalue weighted by Crippen LogP contribution is 2.18. The van der Waals surface area contributed by atoms with Crippen LogP contribution in [0.1, 0.15) is 18.9 Å². The predicted molar refractivity (Wildman–Crippen MR) is 78.9 cm³/mol. The zero-order valence-corrected chi connectivity index (χ0v) is 11.2. The maximum Gasteiger partial charge on any atom is 0.224 e. The lowest BCUT2D eigenvalue weighted by molar-refractivity contribution is -0.121. The molecule has 1 atom stereocenters. The first-order valence-corrected chi connectivity index (χ1v) is 6.70. The van der Waals surface area contributed by atoms with Crippen LogP contribution in [0.3, 0.4) is 0 Å². The number of nitrogens with one attached hydrogen (secondary N) is 1. The van der Waals surface area contributed by atoms with E-state index in [1.54, 1.807) is 0 Å². The lowest BCUT2D eigenvalue weighted by atomic mass is 10.0. The molecule has 0 heterocycles. The Morgan fingerprint density at radius 1 is 1.21 bits per heavy atom. The molecule has 0 aliphatic rings. The van der Waals surface area contributed by atoms with Gasteiger partial charge in [0.25, 0.3) is 0 Å². The van der Waals surface area contributed by atoms with Gasteiger partial charge < -0.3 is 11.1 Å². The Morgan fingerprint density at radius 2 is 1.95 bits per heavy atom. The fourth-order valence-corrected chi connectivity index (χ4v) is 2.23. The number of hydrogen-bond donors (Lipinski definition) is 2. The van der Waals surface area contributed by atoms with Gasteiger partial charge in [-0.15, -0.1) is 0 Å². The van der Waals surface area contributed by atoms with Gasteiger partial charge in [-0.3, -0.25) is 4.79 Å².